The first-order valence-corrected chi connectivity index (χ1v) is 3.92. The van der Waals surface area contributed by atoms with E-state index in [0.717, 1.165) is 6.54 Å². The van der Waals surface area contributed by atoms with E-state index < -0.39 is 12.0 Å². The van der Waals surface area contributed by atoms with Gasteiger partial charge in [0.1, 0.15) is 6.04 Å². The smallest absolute Gasteiger partial charge is 0.320 e. The first kappa shape index (κ1) is 8.49. The number of hydrogen-bond donors (Lipinski definition) is 3. The molecule has 4 heteroatoms. The van der Waals surface area contributed by atoms with Crippen molar-refractivity contribution in [1.82, 2.24) is 5.32 Å². The Morgan fingerprint density at radius 3 is 2.82 bits per heavy atom. The van der Waals surface area contributed by atoms with Gasteiger partial charge in [-0.2, -0.15) is 0 Å². The van der Waals surface area contributed by atoms with Crippen molar-refractivity contribution in [3.63, 3.8) is 0 Å². The summed E-state index contributed by atoms with van der Waals surface area (Å²) in [6.07, 6.45) is 2.97. The van der Waals surface area contributed by atoms with Crippen molar-refractivity contribution in [3.05, 3.63) is 0 Å². The molecule has 1 aliphatic rings. The third kappa shape index (κ3) is 3.34. The zero-order valence-corrected chi connectivity index (χ0v) is 6.42. The minimum Gasteiger partial charge on any atom is -0.480 e. The van der Waals surface area contributed by atoms with Crippen molar-refractivity contribution in [2.75, 3.05) is 6.54 Å². The molecule has 1 saturated carbocycles. The van der Waals surface area contributed by atoms with Gasteiger partial charge in [0.15, 0.2) is 0 Å². The summed E-state index contributed by atoms with van der Waals surface area (Å²) in [6, 6.07) is -0.0720. The number of rotatable bonds is 5. The maximum absolute atomic E-state index is 10.2. The Hall–Kier alpha value is -0.610. The Morgan fingerprint density at radius 1 is 1.73 bits per heavy atom. The average molecular weight is 158 g/mol. The van der Waals surface area contributed by atoms with E-state index in [0.29, 0.717) is 12.5 Å². The van der Waals surface area contributed by atoms with Crippen LogP contribution in [0, 0.1) is 0 Å². The highest BCUT2D eigenvalue weighted by Gasteiger charge is 2.20. The lowest BCUT2D eigenvalue weighted by Crippen LogP contribution is -2.34. The Kier molecular flexibility index (Phi) is 2.84. The lowest BCUT2D eigenvalue weighted by Gasteiger charge is -2.05. The Labute approximate surface area is 65.8 Å². The molecule has 64 valence electrons. The van der Waals surface area contributed by atoms with Gasteiger partial charge in [-0.15, -0.1) is 0 Å². The molecule has 1 atom stereocenters. The number of carboxylic acids is 1. The molecule has 0 aromatic rings. The Bertz CT molecular complexity index is 145. The van der Waals surface area contributed by atoms with Crippen LogP contribution in [0.1, 0.15) is 19.3 Å². The van der Waals surface area contributed by atoms with E-state index in [9.17, 15) is 4.79 Å². The fourth-order valence-corrected chi connectivity index (χ4v) is 0.854. The summed E-state index contributed by atoms with van der Waals surface area (Å²) in [5.41, 5.74) is 5.28. The summed E-state index contributed by atoms with van der Waals surface area (Å²) in [5.74, 6) is -0.914. The van der Waals surface area contributed by atoms with Gasteiger partial charge in [0.05, 0.1) is 0 Å². The topological polar surface area (TPSA) is 75.3 Å². The molecule has 4 N–H and O–H groups in total. The summed E-state index contributed by atoms with van der Waals surface area (Å²) in [4.78, 5) is 10.2. The molecule has 0 radical (unpaired) electrons. The van der Waals surface area contributed by atoms with Crippen LogP contribution in [-0.2, 0) is 4.79 Å². The van der Waals surface area contributed by atoms with Crippen LogP contribution in [0.2, 0.25) is 0 Å². The van der Waals surface area contributed by atoms with E-state index in [1.807, 2.05) is 0 Å². The minimum atomic E-state index is -0.914. The molecule has 0 heterocycles. The third-order valence-corrected chi connectivity index (χ3v) is 1.78. The summed E-state index contributed by atoms with van der Waals surface area (Å²) < 4.78 is 0. The van der Waals surface area contributed by atoms with Gasteiger partial charge < -0.3 is 16.2 Å². The molecule has 1 fully saturated rings. The van der Waals surface area contributed by atoms with Crippen LogP contribution in [0.4, 0.5) is 0 Å². The molecule has 0 aliphatic heterocycles. The van der Waals surface area contributed by atoms with Crippen LogP contribution in [0.5, 0.6) is 0 Å². The number of nitrogens with two attached hydrogens (primary N) is 1. The third-order valence-electron chi connectivity index (χ3n) is 1.78. The molecule has 0 aromatic carbocycles. The van der Waals surface area contributed by atoms with Gasteiger partial charge in [0, 0.05) is 6.04 Å². The van der Waals surface area contributed by atoms with Gasteiger partial charge >= 0.3 is 5.97 Å². The summed E-state index contributed by atoms with van der Waals surface area (Å²) in [6.45, 7) is 0.720. The standard InChI is InChI=1S/C7H14N2O2/c8-6(7(10)11)3-4-9-5-1-2-5/h5-6,9H,1-4,8H2,(H,10,11). The lowest BCUT2D eigenvalue weighted by atomic mass is 10.2. The summed E-state index contributed by atoms with van der Waals surface area (Å²) >= 11 is 0. The molecule has 0 bridgehead atoms. The predicted octanol–water partition coefficient (Wildman–Crippen LogP) is -0.460. The average Bonchev–Trinajstić information content (AvgIpc) is 2.71. The van der Waals surface area contributed by atoms with E-state index in [4.69, 9.17) is 10.8 Å². The van der Waals surface area contributed by atoms with Gasteiger partial charge in [-0.3, -0.25) is 4.79 Å². The first-order chi connectivity index (χ1) is 5.20. The maximum Gasteiger partial charge on any atom is 0.320 e. The number of carboxylic acid groups (broad SMARTS) is 1. The molecule has 4 nitrogen and oxygen atoms in total. The minimum absolute atomic E-state index is 0.520. The second-order valence-corrected chi connectivity index (χ2v) is 2.96. The van der Waals surface area contributed by atoms with Crippen LogP contribution < -0.4 is 11.1 Å². The Morgan fingerprint density at radius 2 is 2.36 bits per heavy atom. The van der Waals surface area contributed by atoms with Crippen LogP contribution in [0.15, 0.2) is 0 Å². The van der Waals surface area contributed by atoms with Gasteiger partial charge in [0.25, 0.3) is 0 Å². The predicted molar refractivity (Wildman–Crippen MR) is 41.3 cm³/mol. The van der Waals surface area contributed by atoms with E-state index in [1.165, 1.54) is 12.8 Å². The SMILES string of the molecule is NC(CCNC1CC1)C(=O)O. The van der Waals surface area contributed by atoms with Gasteiger partial charge in [-0.05, 0) is 25.8 Å². The molecule has 1 unspecified atom stereocenters. The highest BCUT2D eigenvalue weighted by molar-refractivity contribution is 5.72. The largest absolute Gasteiger partial charge is 0.480 e. The van der Waals surface area contributed by atoms with E-state index >= 15 is 0 Å². The molecule has 0 spiro atoms. The second kappa shape index (κ2) is 3.69. The number of aliphatic carboxylic acids is 1. The van der Waals surface area contributed by atoms with Crippen molar-refractivity contribution in [3.8, 4) is 0 Å². The molecule has 1 aliphatic carbocycles. The Balaban J connectivity index is 1.96. The molecule has 1 rings (SSSR count). The van der Waals surface area contributed by atoms with Crippen molar-refractivity contribution in [2.24, 2.45) is 5.73 Å². The molecule has 0 amide bonds. The molecule has 11 heavy (non-hydrogen) atoms. The second-order valence-electron chi connectivity index (χ2n) is 2.96. The fraction of sp³-hybridized carbons (Fsp3) is 0.857. The monoisotopic (exact) mass is 158 g/mol. The molecule has 0 aromatic heterocycles. The lowest BCUT2D eigenvalue weighted by molar-refractivity contribution is -0.138. The van der Waals surface area contributed by atoms with Gasteiger partial charge in [-0.25, -0.2) is 0 Å². The van der Waals surface area contributed by atoms with Crippen molar-refractivity contribution in [1.29, 1.82) is 0 Å². The zero-order valence-electron chi connectivity index (χ0n) is 6.42. The van der Waals surface area contributed by atoms with Crippen molar-refractivity contribution in [2.45, 2.75) is 31.3 Å². The van der Waals surface area contributed by atoms with Crippen LogP contribution in [-0.4, -0.2) is 29.7 Å². The number of hydrogen-bond acceptors (Lipinski definition) is 3. The van der Waals surface area contributed by atoms with Gasteiger partial charge in [-0.1, -0.05) is 0 Å². The normalized spacial score (nSPS) is 19.7. The van der Waals surface area contributed by atoms with E-state index in [-0.39, 0.29) is 0 Å². The fourth-order valence-electron chi connectivity index (χ4n) is 0.854. The van der Waals surface area contributed by atoms with Crippen molar-refractivity contribution >= 4 is 5.97 Å². The molecular weight excluding hydrogens is 144 g/mol. The summed E-state index contributed by atoms with van der Waals surface area (Å²) in [7, 11) is 0. The molecule has 0 saturated heterocycles. The van der Waals surface area contributed by atoms with Crippen LogP contribution in [0.3, 0.4) is 0 Å². The maximum atomic E-state index is 10.2. The van der Waals surface area contributed by atoms with Crippen LogP contribution >= 0.6 is 0 Å². The van der Waals surface area contributed by atoms with Crippen LogP contribution in [0.25, 0.3) is 0 Å². The first-order valence-electron chi connectivity index (χ1n) is 3.92. The number of carbonyl (C=O) groups is 1. The number of nitrogens with one attached hydrogen (secondary N) is 1. The highest BCUT2D eigenvalue weighted by Crippen LogP contribution is 2.18. The van der Waals surface area contributed by atoms with Crippen molar-refractivity contribution < 1.29 is 9.90 Å². The zero-order chi connectivity index (χ0) is 8.27. The summed E-state index contributed by atoms with van der Waals surface area (Å²) in [5, 5.41) is 11.6. The molecular formula is C7H14N2O2. The van der Waals surface area contributed by atoms with E-state index in [2.05, 4.69) is 5.32 Å². The van der Waals surface area contributed by atoms with Gasteiger partial charge in [0.2, 0.25) is 0 Å². The van der Waals surface area contributed by atoms with E-state index in [1.54, 1.807) is 0 Å². The quantitative estimate of drug-likeness (QED) is 0.506. The highest BCUT2D eigenvalue weighted by atomic mass is 16.4.